The zero-order valence-corrected chi connectivity index (χ0v) is 28.8. The number of nitrogens with zero attached hydrogens (tertiary/aromatic N) is 5. The number of carbonyl (C=O) groups excluding carboxylic acids is 1. The van der Waals surface area contributed by atoms with Crippen LogP contribution >= 0.6 is 0 Å². The monoisotopic (exact) mass is 737 g/mol. The summed E-state index contributed by atoms with van der Waals surface area (Å²) in [6, 6.07) is 6.98. The highest BCUT2D eigenvalue weighted by Crippen LogP contribution is 2.68. The average Bonchev–Trinajstić information content (AvgIpc) is 3.61. The third-order valence-electron chi connectivity index (χ3n) is 9.70. The number of primary amides is 1. The lowest BCUT2D eigenvalue weighted by molar-refractivity contribution is -0.122. The molecule has 0 bridgehead atoms. The number of hydrogen-bond donors (Lipinski definition) is 3. The molecule has 0 radical (unpaired) electrons. The molecule has 0 aliphatic heterocycles. The van der Waals surface area contributed by atoms with Gasteiger partial charge in [-0.05, 0) is 80.5 Å². The number of carbonyl (C=O) groups is 1. The van der Waals surface area contributed by atoms with Gasteiger partial charge in [0.25, 0.3) is 12.3 Å². The van der Waals surface area contributed by atoms with Crippen molar-refractivity contribution in [3.05, 3.63) is 88.0 Å². The van der Waals surface area contributed by atoms with Gasteiger partial charge in [-0.3, -0.25) is 9.48 Å². The van der Waals surface area contributed by atoms with E-state index in [4.69, 9.17) is 21.2 Å². The Morgan fingerprint density at radius 2 is 1.77 bits per heavy atom. The second-order valence-corrected chi connectivity index (χ2v) is 13.9. The van der Waals surface area contributed by atoms with Gasteiger partial charge in [0, 0.05) is 41.6 Å². The highest BCUT2D eigenvalue weighted by Gasteiger charge is 2.67. The van der Waals surface area contributed by atoms with E-state index < -0.39 is 77.1 Å². The molecule has 0 saturated heterocycles. The number of benzene rings is 2. The summed E-state index contributed by atoms with van der Waals surface area (Å²) in [6.45, 7) is 2.87. The summed E-state index contributed by atoms with van der Waals surface area (Å²) < 4.78 is 97.9. The van der Waals surface area contributed by atoms with Crippen LogP contribution in [0.3, 0.4) is 0 Å². The van der Waals surface area contributed by atoms with Crippen LogP contribution in [0.1, 0.15) is 78.5 Å². The van der Waals surface area contributed by atoms with Gasteiger partial charge >= 0.3 is 0 Å². The lowest BCUT2D eigenvalue weighted by Crippen LogP contribution is -2.37. The van der Waals surface area contributed by atoms with E-state index in [0.717, 1.165) is 12.1 Å². The molecule has 1 saturated carbocycles. The number of fused-ring (bicyclic) bond motifs is 4. The molecule has 10 nitrogen and oxygen atoms in total. The SMILES string of the molecule is COc1ccc(-c2ccc(C#CC(C)(C)O)nc2[C@@H](Cc2cc(F)cc(F)c2)C(C(N)=O)n2nc(C(F)F)c3c2C(F)(F)[C@@H]2C[C@H]32)c2c1c(N)nn2C. The Morgan fingerprint density at radius 3 is 2.40 bits per heavy atom. The topological polar surface area (TPSA) is 147 Å². The third kappa shape index (κ3) is 6.12. The summed E-state index contributed by atoms with van der Waals surface area (Å²) in [5.41, 5.74) is 9.78. The first-order chi connectivity index (χ1) is 24.9. The number of aromatic nitrogens is 5. The van der Waals surface area contributed by atoms with Crippen molar-refractivity contribution in [2.75, 3.05) is 12.8 Å². The zero-order valence-electron chi connectivity index (χ0n) is 28.8. The van der Waals surface area contributed by atoms with Gasteiger partial charge < -0.3 is 21.3 Å². The van der Waals surface area contributed by atoms with Crippen molar-refractivity contribution in [3.8, 4) is 28.7 Å². The Kier molecular flexibility index (Phi) is 8.48. The molecule has 1 amide bonds. The standard InChI is InChI=1S/C37H33F6N7O3/c1-36(2,52)10-9-19-5-6-20(21-7-8-25(53-4)27-30(21)49(3)48-34(27)44)28(46-19)23(13-16-11-17(38)14-18(39)12-16)31(35(45)51)50-32-26(29(47-50)33(40)41)22-15-24(22)37(32,42)43/h5-8,11-12,14,22-24,31,33,52H,13,15H2,1-4H3,(H2,44,48)(H2,45,51)/t22-,23+,24+,31?/m0/s1. The number of aliphatic hydroxyl groups is 1. The Balaban J connectivity index is 1.56. The van der Waals surface area contributed by atoms with Crippen LogP contribution in [0.5, 0.6) is 5.75 Å². The van der Waals surface area contributed by atoms with Gasteiger partial charge in [0.05, 0.1) is 23.7 Å². The molecule has 5 N–H and O–H groups in total. The normalized spacial score (nSPS) is 18.3. The quantitative estimate of drug-likeness (QED) is 0.124. The van der Waals surface area contributed by atoms with Crippen LogP contribution in [0.25, 0.3) is 22.0 Å². The molecule has 1 fully saturated rings. The highest BCUT2D eigenvalue weighted by molar-refractivity contribution is 6.04. The molecular weight excluding hydrogens is 704 g/mol. The summed E-state index contributed by atoms with van der Waals surface area (Å²) >= 11 is 0. The largest absolute Gasteiger partial charge is 0.496 e. The molecule has 0 spiro atoms. The van der Waals surface area contributed by atoms with Crippen molar-refractivity contribution in [1.82, 2.24) is 24.5 Å². The van der Waals surface area contributed by atoms with Gasteiger partial charge in [0.15, 0.2) is 5.82 Å². The lowest BCUT2D eigenvalue weighted by atomic mass is 9.84. The molecule has 2 aliphatic rings. The van der Waals surface area contributed by atoms with Crippen LogP contribution in [0.15, 0.2) is 42.5 Å². The molecule has 3 aromatic heterocycles. The van der Waals surface area contributed by atoms with Gasteiger partial charge in [0.2, 0.25) is 5.91 Å². The van der Waals surface area contributed by atoms with Crippen molar-refractivity contribution in [3.63, 3.8) is 0 Å². The van der Waals surface area contributed by atoms with E-state index in [-0.39, 0.29) is 40.3 Å². The van der Waals surface area contributed by atoms with Crippen LogP contribution < -0.4 is 16.2 Å². The summed E-state index contributed by atoms with van der Waals surface area (Å²) in [6.07, 6.45) is -3.76. The van der Waals surface area contributed by atoms with Crippen LogP contribution in [-0.4, -0.2) is 48.3 Å². The van der Waals surface area contributed by atoms with Gasteiger partial charge in [-0.15, -0.1) is 0 Å². The molecule has 7 rings (SSSR count). The second-order valence-electron chi connectivity index (χ2n) is 13.9. The molecule has 2 aromatic carbocycles. The number of alkyl halides is 4. The maximum absolute atomic E-state index is 16.0. The zero-order chi connectivity index (χ0) is 38.3. The molecule has 276 valence electrons. The van der Waals surface area contributed by atoms with Crippen LogP contribution in [-0.2, 0) is 24.2 Å². The molecule has 3 heterocycles. The van der Waals surface area contributed by atoms with Crippen molar-refractivity contribution in [1.29, 1.82) is 0 Å². The van der Waals surface area contributed by atoms with Gasteiger partial charge in [-0.25, -0.2) is 27.2 Å². The molecule has 53 heavy (non-hydrogen) atoms. The van der Waals surface area contributed by atoms with E-state index in [0.29, 0.717) is 33.0 Å². The molecule has 16 heteroatoms. The second kappa shape index (κ2) is 12.5. The smallest absolute Gasteiger partial charge is 0.293 e. The Morgan fingerprint density at radius 1 is 1.09 bits per heavy atom. The fourth-order valence-electron chi connectivity index (χ4n) is 7.52. The first kappa shape index (κ1) is 35.8. The van der Waals surface area contributed by atoms with Crippen LogP contribution in [0.4, 0.5) is 32.2 Å². The number of nitrogen functional groups attached to an aromatic ring is 1. The predicted molar refractivity (Wildman–Crippen MR) is 181 cm³/mol. The van der Waals surface area contributed by atoms with E-state index in [1.54, 1.807) is 25.2 Å². The lowest BCUT2D eigenvalue weighted by Gasteiger charge is -2.29. The molecule has 4 atom stereocenters. The van der Waals surface area contributed by atoms with Crippen LogP contribution in [0.2, 0.25) is 0 Å². The van der Waals surface area contributed by atoms with E-state index >= 15 is 8.78 Å². The number of anilines is 1. The Bertz CT molecular complexity index is 2350. The number of rotatable bonds is 9. The number of ether oxygens (including phenoxy) is 1. The summed E-state index contributed by atoms with van der Waals surface area (Å²) in [4.78, 5) is 18.5. The number of halogens is 6. The maximum atomic E-state index is 16.0. The number of hydrogen-bond acceptors (Lipinski definition) is 7. The summed E-state index contributed by atoms with van der Waals surface area (Å²) in [7, 11) is 3.05. The summed E-state index contributed by atoms with van der Waals surface area (Å²) in [5, 5.41) is 19.0. The van der Waals surface area contributed by atoms with Crippen molar-refractivity contribution in [2.24, 2.45) is 18.7 Å². The molecule has 5 aromatic rings. The van der Waals surface area contributed by atoms with Gasteiger partial charge in [0.1, 0.15) is 46.1 Å². The number of nitrogens with two attached hydrogens (primary N) is 2. The molecular formula is C37H33F6N7O3. The minimum Gasteiger partial charge on any atom is -0.496 e. The Labute approximate surface area is 298 Å². The predicted octanol–water partition coefficient (Wildman–Crippen LogP) is 6.02. The van der Waals surface area contributed by atoms with Gasteiger partial charge in [-0.2, -0.15) is 19.0 Å². The van der Waals surface area contributed by atoms with E-state index in [1.165, 1.54) is 31.7 Å². The third-order valence-corrected chi connectivity index (χ3v) is 9.70. The first-order valence-corrected chi connectivity index (χ1v) is 16.5. The first-order valence-electron chi connectivity index (χ1n) is 16.5. The number of aryl methyl sites for hydroxylation is 1. The van der Waals surface area contributed by atoms with Crippen molar-refractivity contribution >= 4 is 22.6 Å². The van der Waals surface area contributed by atoms with E-state index in [9.17, 15) is 27.5 Å². The van der Waals surface area contributed by atoms with Gasteiger partial charge in [-0.1, -0.05) is 5.92 Å². The van der Waals surface area contributed by atoms with E-state index in [2.05, 4.69) is 22.0 Å². The fourth-order valence-corrected chi connectivity index (χ4v) is 7.52. The average molecular weight is 738 g/mol. The summed E-state index contributed by atoms with van der Waals surface area (Å²) in [5.74, 6) is -4.60. The molecule has 1 unspecified atom stereocenters. The Hall–Kier alpha value is -5.56. The van der Waals surface area contributed by atoms with Crippen molar-refractivity contribution < 1.29 is 41.0 Å². The van der Waals surface area contributed by atoms with E-state index in [1.807, 2.05) is 0 Å². The minimum atomic E-state index is -3.64. The number of methoxy groups -OCH3 is 1. The van der Waals surface area contributed by atoms with Crippen molar-refractivity contribution in [2.45, 2.75) is 62.5 Å². The highest BCUT2D eigenvalue weighted by atomic mass is 19.3. The number of amides is 1. The maximum Gasteiger partial charge on any atom is 0.293 e. The van der Waals surface area contributed by atoms with Crippen LogP contribution in [0, 0.1) is 29.4 Å². The fraction of sp³-hybridized carbons (Fsp3) is 0.351. The number of pyridine rings is 1. The molecule has 2 aliphatic carbocycles. The minimum absolute atomic E-state index is 0.0309.